The van der Waals surface area contributed by atoms with E-state index in [2.05, 4.69) is 5.32 Å². The molecule has 0 radical (unpaired) electrons. The number of anilines is 3. The van der Waals surface area contributed by atoms with Crippen LogP contribution in [-0.4, -0.2) is 11.1 Å². The van der Waals surface area contributed by atoms with Gasteiger partial charge in [0.1, 0.15) is 17.2 Å². The summed E-state index contributed by atoms with van der Waals surface area (Å²) in [6.07, 6.45) is 0. The molecule has 0 saturated carbocycles. The molecule has 104 valence electrons. The first-order valence-corrected chi connectivity index (χ1v) is 5.81. The van der Waals surface area contributed by atoms with Crippen LogP contribution in [0.5, 0.6) is 0 Å². The van der Waals surface area contributed by atoms with Gasteiger partial charge in [0.15, 0.2) is 0 Å². The van der Waals surface area contributed by atoms with Crippen LogP contribution in [0.3, 0.4) is 0 Å². The van der Waals surface area contributed by atoms with Crippen molar-refractivity contribution in [2.75, 3.05) is 11.1 Å². The lowest BCUT2D eigenvalue weighted by molar-refractivity contribution is 0.0698. The molecule has 0 aliphatic heterocycles. The Morgan fingerprint density at radius 1 is 1.20 bits per heavy atom. The number of carboxylic acids is 1. The Labute approximate surface area is 117 Å². The third-order valence-corrected chi connectivity index (χ3v) is 2.93. The van der Waals surface area contributed by atoms with E-state index in [1.54, 1.807) is 0 Å². The summed E-state index contributed by atoms with van der Waals surface area (Å²) < 4.78 is 26.5. The molecule has 0 atom stereocenters. The van der Waals surface area contributed by atoms with Crippen LogP contribution < -0.4 is 11.1 Å². The SMILES string of the molecule is Nc1c(F)ccc(Nc2cc(F)ccc2Cl)c1C(=O)O. The summed E-state index contributed by atoms with van der Waals surface area (Å²) in [7, 11) is 0. The van der Waals surface area contributed by atoms with Crippen LogP contribution in [0.4, 0.5) is 25.8 Å². The van der Waals surface area contributed by atoms with Crippen molar-refractivity contribution < 1.29 is 18.7 Å². The molecule has 0 aromatic heterocycles. The van der Waals surface area contributed by atoms with Crippen LogP contribution in [0.25, 0.3) is 0 Å². The fourth-order valence-corrected chi connectivity index (χ4v) is 1.83. The molecular weight excluding hydrogens is 290 g/mol. The van der Waals surface area contributed by atoms with Crippen LogP contribution in [-0.2, 0) is 0 Å². The van der Waals surface area contributed by atoms with Crippen molar-refractivity contribution in [1.82, 2.24) is 0 Å². The van der Waals surface area contributed by atoms with Crippen molar-refractivity contribution in [1.29, 1.82) is 0 Å². The average Bonchev–Trinajstić information content (AvgIpc) is 2.38. The summed E-state index contributed by atoms with van der Waals surface area (Å²) in [6, 6.07) is 5.76. The second-order valence-corrected chi connectivity index (χ2v) is 4.35. The van der Waals surface area contributed by atoms with Gasteiger partial charge in [-0.05, 0) is 30.3 Å². The predicted molar refractivity (Wildman–Crippen MR) is 72.5 cm³/mol. The summed E-state index contributed by atoms with van der Waals surface area (Å²) in [6.45, 7) is 0. The highest BCUT2D eigenvalue weighted by atomic mass is 35.5. The molecule has 2 aromatic carbocycles. The summed E-state index contributed by atoms with van der Waals surface area (Å²) in [5.41, 5.74) is 4.63. The van der Waals surface area contributed by atoms with Crippen molar-refractivity contribution in [3.8, 4) is 0 Å². The number of hydrogen-bond acceptors (Lipinski definition) is 3. The molecule has 0 unspecified atom stereocenters. The molecule has 0 saturated heterocycles. The maximum atomic E-state index is 13.3. The molecular formula is C13H9ClF2N2O2. The molecule has 0 aliphatic carbocycles. The standard InChI is InChI=1S/C13H9ClF2N2O2/c14-7-2-1-6(15)5-10(7)18-9-4-3-8(16)12(17)11(9)13(19)20/h1-5,18H,17H2,(H,19,20). The van der Waals surface area contributed by atoms with Gasteiger partial charge in [-0.3, -0.25) is 0 Å². The Hall–Kier alpha value is -2.34. The van der Waals surface area contributed by atoms with Crippen LogP contribution in [0.1, 0.15) is 10.4 Å². The number of aromatic carboxylic acids is 1. The number of halogens is 3. The van der Waals surface area contributed by atoms with Gasteiger partial charge in [0.25, 0.3) is 0 Å². The Balaban J connectivity index is 2.51. The molecule has 2 aromatic rings. The van der Waals surface area contributed by atoms with Crippen LogP contribution in [0, 0.1) is 11.6 Å². The first-order chi connectivity index (χ1) is 9.40. The van der Waals surface area contributed by atoms with Gasteiger partial charge in [-0.2, -0.15) is 0 Å². The summed E-state index contributed by atoms with van der Waals surface area (Å²) in [5, 5.41) is 11.9. The number of nitrogen functional groups attached to an aromatic ring is 1. The molecule has 7 heteroatoms. The molecule has 4 N–H and O–H groups in total. The lowest BCUT2D eigenvalue weighted by atomic mass is 10.1. The monoisotopic (exact) mass is 298 g/mol. The van der Waals surface area contributed by atoms with Crippen LogP contribution in [0.15, 0.2) is 30.3 Å². The number of carboxylic acid groups (broad SMARTS) is 1. The first-order valence-electron chi connectivity index (χ1n) is 5.43. The van der Waals surface area contributed by atoms with Gasteiger partial charge in [-0.1, -0.05) is 11.6 Å². The third kappa shape index (κ3) is 2.65. The van der Waals surface area contributed by atoms with E-state index >= 15 is 0 Å². The van der Waals surface area contributed by atoms with Crippen molar-refractivity contribution in [3.63, 3.8) is 0 Å². The van der Waals surface area contributed by atoms with E-state index in [0.717, 1.165) is 18.2 Å². The summed E-state index contributed by atoms with van der Waals surface area (Å²) >= 11 is 5.87. The molecule has 0 spiro atoms. The van der Waals surface area contributed by atoms with E-state index in [1.807, 2.05) is 0 Å². The number of hydrogen-bond donors (Lipinski definition) is 3. The Kier molecular flexibility index (Phi) is 3.76. The van der Waals surface area contributed by atoms with E-state index in [1.165, 1.54) is 12.1 Å². The minimum Gasteiger partial charge on any atom is -0.478 e. The lowest BCUT2D eigenvalue weighted by Crippen LogP contribution is -2.09. The zero-order valence-corrected chi connectivity index (χ0v) is 10.7. The van der Waals surface area contributed by atoms with Crippen LogP contribution in [0.2, 0.25) is 5.02 Å². The highest BCUT2D eigenvalue weighted by molar-refractivity contribution is 6.33. The number of nitrogens with one attached hydrogen (secondary N) is 1. The fourth-order valence-electron chi connectivity index (χ4n) is 1.67. The van der Waals surface area contributed by atoms with E-state index in [4.69, 9.17) is 22.4 Å². The fraction of sp³-hybridized carbons (Fsp3) is 0. The van der Waals surface area contributed by atoms with E-state index in [0.29, 0.717) is 0 Å². The topological polar surface area (TPSA) is 75.3 Å². The van der Waals surface area contributed by atoms with Crippen molar-refractivity contribution in [2.45, 2.75) is 0 Å². The van der Waals surface area contributed by atoms with Gasteiger partial charge in [0.2, 0.25) is 0 Å². The molecule has 0 fully saturated rings. The van der Waals surface area contributed by atoms with Gasteiger partial charge in [0, 0.05) is 0 Å². The third-order valence-electron chi connectivity index (χ3n) is 2.60. The zero-order chi connectivity index (χ0) is 14.9. The van der Waals surface area contributed by atoms with Crippen LogP contribution >= 0.6 is 11.6 Å². The maximum Gasteiger partial charge on any atom is 0.340 e. The lowest BCUT2D eigenvalue weighted by Gasteiger charge is -2.13. The van der Waals surface area contributed by atoms with E-state index in [-0.39, 0.29) is 16.4 Å². The van der Waals surface area contributed by atoms with Gasteiger partial charge in [0.05, 0.1) is 22.1 Å². The zero-order valence-electron chi connectivity index (χ0n) is 9.95. The second kappa shape index (κ2) is 5.34. The highest BCUT2D eigenvalue weighted by Gasteiger charge is 2.18. The smallest absolute Gasteiger partial charge is 0.340 e. The molecule has 2 rings (SSSR count). The molecule has 0 amide bonds. The second-order valence-electron chi connectivity index (χ2n) is 3.94. The Morgan fingerprint density at radius 3 is 2.55 bits per heavy atom. The normalized spacial score (nSPS) is 10.3. The van der Waals surface area contributed by atoms with Crippen molar-refractivity contribution in [3.05, 3.63) is 52.6 Å². The number of nitrogens with two attached hydrogens (primary N) is 1. The highest BCUT2D eigenvalue weighted by Crippen LogP contribution is 2.31. The van der Waals surface area contributed by atoms with Gasteiger partial charge in [-0.15, -0.1) is 0 Å². The first kappa shape index (κ1) is 14.1. The van der Waals surface area contributed by atoms with Gasteiger partial charge >= 0.3 is 5.97 Å². The predicted octanol–water partition coefficient (Wildman–Crippen LogP) is 3.64. The summed E-state index contributed by atoms with van der Waals surface area (Å²) in [4.78, 5) is 11.1. The van der Waals surface area contributed by atoms with E-state index < -0.39 is 28.9 Å². The summed E-state index contributed by atoms with van der Waals surface area (Å²) in [5.74, 6) is -2.81. The maximum absolute atomic E-state index is 13.3. The Morgan fingerprint density at radius 2 is 1.90 bits per heavy atom. The number of benzene rings is 2. The van der Waals surface area contributed by atoms with Crippen molar-refractivity contribution in [2.24, 2.45) is 0 Å². The number of carbonyl (C=O) groups is 1. The molecule has 20 heavy (non-hydrogen) atoms. The van der Waals surface area contributed by atoms with E-state index in [9.17, 15) is 13.6 Å². The quantitative estimate of drug-likeness (QED) is 0.756. The molecule has 4 nitrogen and oxygen atoms in total. The number of rotatable bonds is 3. The Bertz CT molecular complexity index is 692. The minimum absolute atomic E-state index is 0.0175. The molecule has 0 aliphatic rings. The van der Waals surface area contributed by atoms with Gasteiger partial charge < -0.3 is 16.2 Å². The van der Waals surface area contributed by atoms with Gasteiger partial charge in [-0.25, -0.2) is 13.6 Å². The average molecular weight is 299 g/mol. The largest absolute Gasteiger partial charge is 0.478 e. The molecule has 0 heterocycles. The molecule has 0 bridgehead atoms. The minimum atomic E-state index is -1.41. The van der Waals surface area contributed by atoms with Crippen molar-refractivity contribution >= 4 is 34.6 Å².